The van der Waals surface area contributed by atoms with Gasteiger partial charge in [0.2, 0.25) is 5.91 Å². The van der Waals surface area contributed by atoms with Crippen molar-refractivity contribution in [3.05, 3.63) is 100 Å². The quantitative estimate of drug-likeness (QED) is 0.447. The van der Waals surface area contributed by atoms with Crippen LogP contribution in [0.2, 0.25) is 0 Å². The number of carbonyl (C=O) groups excluding carboxylic acids is 1. The molecule has 3 aromatic rings. The van der Waals surface area contributed by atoms with Gasteiger partial charge < -0.3 is 19.5 Å². The Hall–Kier alpha value is -4.24. The van der Waals surface area contributed by atoms with Crippen molar-refractivity contribution >= 4 is 28.8 Å². The summed E-state index contributed by atoms with van der Waals surface area (Å²) in [5.74, 6) is 1.59. The Bertz CT molecular complexity index is 1420. The number of para-hydroxylation sites is 1. The van der Waals surface area contributed by atoms with Crippen LogP contribution < -0.4 is 5.32 Å². The van der Waals surface area contributed by atoms with E-state index in [0.717, 1.165) is 58.0 Å². The van der Waals surface area contributed by atoms with Gasteiger partial charge in [-0.15, -0.1) is 0 Å². The average molecular weight is 451 g/mol. The second kappa shape index (κ2) is 9.32. The average Bonchev–Trinajstić information content (AvgIpc) is 3.04. The molecule has 0 saturated carbocycles. The zero-order valence-corrected chi connectivity index (χ0v) is 19.3. The molecule has 6 heteroatoms. The van der Waals surface area contributed by atoms with Crippen LogP contribution in [0.3, 0.4) is 0 Å². The lowest BCUT2D eigenvalue weighted by Crippen LogP contribution is -2.24. The molecule has 6 nitrogen and oxygen atoms in total. The molecule has 0 spiro atoms. The van der Waals surface area contributed by atoms with Gasteiger partial charge in [0.15, 0.2) is 0 Å². The fourth-order valence-electron chi connectivity index (χ4n) is 4.19. The number of aryl methyl sites for hydroxylation is 1. The molecule has 3 heterocycles. The highest BCUT2D eigenvalue weighted by Gasteiger charge is 2.17. The Morgan fingerprint density at radius 2 is 2.24 bits per heavy atom. The summed E-state index contributed by atoms with van der Waals surface area (Å²) in [5, 5.41) is 4.47. The van der Waals surface area contributed by atoms with Gasteiger partial charge in [-0.2, -0.15) is 0 Å². The molecule has 2 aliphatic rings. The Labute approximate surface area is 198 Å². The van der Waals surface area contributed by atoms with Crippen LogP contribution in [0.4, 0.5) is 5.82 Å². The number of pyridine rings is 1. The lowest BCUT2D eigenvalue weighted by Gasteiger charge is -2.22. The number of furan rings is 1. The van der Waals surface area contributed by atoms with Gasteiger partial charge in [-0.3, -0.25) is 4.79 Å². The number of amides is 1. The van der Waals surface area contributed by atoms with Crippen LogP contribution in [0.25, 0.3) is 17.0 Å². The fourth-order valence-corrected chi connectivity index (χ4v) is 4.19. The lowest BCUT2D eigenvalue weighted by molar-refractivity contribution is -0.125. The summed E-state index contributed by atoms with van der Waals surface area (Å²) in [6.45, 7) is 4.79. The Kier molecular flexibility index (Phi) is 5.92. The molecule has 34 heavy (non-hydrogen) atoms. The number of carbonyl (C=O) groups is 1. The van der Waals surface area contributed by atoms with Gasteiger partial charge >= 0.3 is 0 Å². The van der Waals surface area contributed by atoms with Crippen LogP contribution in [-0.4, -0.2) is 40.8 Å². The largest absolute Gasteiger partial charge is 0.459 e. The van der Waals surface area contributed by atoms with Gasteiger partial charge in [0, 0.05) is 55.5 Å². The number of aromatic nitrogens is 1. The Morgan fingerprint density at radius 3 is 3.06 bits per heavy atom. The number of anilines is 1. The molecule has 5 rings (SSSR count). The zero-order chi connectivity index (χ0) is 23.5. The maximum Gasteiger partial charge on any atom is 0.246 e. The van der Waals surface area contributed by atoms with Crippen LogP contribution in [0, 0.1) is 6.92 Å². The number of benzene rings is 1. The molecular formula is C28H26N4O2. The SMILES string of the molecule is Cc1c(CN(C)C(=O)/C=C/c2cnc3c(c2)CN(C2=C=C=CC=C2)CCN3)oc2ccccc12. The summed E-state index contributed by atoms with van der Waals surface area (Å²) in [6.07, 6.45) is 11.0. The van der Waals surface area contributed by atoms with Crippen LogP contribution in [-0.2, 0) is 17.9 Å². The van der Waals surface area contributed by atoms with Crippen LogP contribution in [0.1, 0.15) is 22.5 Å². The minimum Gasteiger partial charge on any atom is -0.459 e. The Balaban J connectivity index is 1.29. The first-order valence-corrected chi connectivity index (χ1v) is 11.3. The third kappa shape index (κ3) is 4.46. The molecule has 1 amide bonds. The van der Waals surface area contributed by atoms with Crippen LogP contribution in [0.15, 0.2) is 82.4 Å². The van der Waals surface area contributed by atoms with Crippen molar-refractivity contribution in [2.24, 2.45) is 0 Å². The highest BCUT2D eigenvalue weighted by Crippen LogP contribution is 2.26. The highest BCUT2D eigenvalue weighted by atomic mass is 16.3. The number of allylic oxidation sites excluding steroid dienone is 3. The minimum atomic E-state index is -0.0935. The van der Waals surface area contributed by atoms with Crippen molar-refractivity contribution in [1.82, 2.24) is 14.8 Å². The van der Waals surface area contributed by atoms with E-state index in [2.05, 4.69) is 32.7 Å². The second-order valence-electron chi connectivity index (χ2n) is 8.48. The van der Waals surface area contributed by atoms with Crippen molar-refractivity contribution in [2.75, 3.05) is 25.5 Å². The highest BCUT2D eigenvalue weighted by molar-refractivity contribution is 5.91. The predicted molar refractivity (Wildman–Crippen MR) is 134 cm³/mol. The van der Waals surface area contributed by atoms with Crippen molar-refractivity contribution in [1.29, 1.82) is 0 Å². The van der Waals surface area contributed by atoms with Gasteiger partial charge in [0.25, 0.3) is 0 Å². The van der Waals surface area contributed by atoms with Crippen molar-refractivity contribution < 1.29 is 9.21 Å². The van der Waals surface area contributed by atoms with E-state index in [1.807, 2.05) is 55.5 Å². The number of nitrogens with one attached hydrogen (secondary N) is 1. The summed E-state index contributed by atoms with van der Waals surface area (Å²) in [4.78, 5) is 21.3. The van der Waals surface area contributed by atoms with Gasteiger partial charge in [-0.1, -0.05) is 30.0 Å². The molecule has 1 N–H and O–H groups in total. The van der Waals surface area contributed by atoms with E-state index in [9.17, 15) is 4.79 Å². The summed E-state index contributed by atoms with van der Waals surface area (Å²) >= 11 is 0. The molecular weight excluding hydrogens is 424 g/mol. The molecule has 0 atom stereocenters. The van der Waals surface area contributed by atoms with Crippen LogP contribution >= 0.6 is 0 Å². The third-order valence-electron chi connectivity index (χ3n) is 6.12. The Morgan fingerprint density at radius 1 is 1.35 bits per heavy atom. The van der Waals surface area contributed by atoms with Gasteiger partial charge in [-0.05, 0) is 48.6 Å². The second-order valence-corrected chi connectivity index (χ2v) is 8.48. The zero-order valence-electron chi connectivity index (χ0n) is 19.3. The molecule has 1 aliphatic carbocycles. The smallest absolute Gasteiger partial charge is 0.246 e. The number of likely N-dealkylation sites (N-methyl/N-ethyl adjacent to an activating group) is 1. The third-order valence-corrected chi connectivity index (χ3v) is 6.12. The maximum absolute atomic E-state index is 12.8. The number of fused-ring (bicyclic) bond motifs is 2. The predicted octanol–water partition coefficient (Wildman–Crippen LogP) is 4.80. The lowest BCUT2D eigenvalue weighted by atomic mass is 10.1. The minimum absolute atomic E-state index is 0.0935. The normalized spacial score (nSPS) is 14.8. The first kappa shape index (κ1) is 21.6. The van der Waals surface area contributed by atoms with E-state index in [1.54, 1.807) is 24.2 Å². The molecule has 2 aromatic heterocycles. The van der Waals surface area contributed by atoms with E-state index in [4.69, 9.17) is 4.42 Å². The molecule has 0 radical (unpaired) electrons. The maximum atomic E-state index is 12.8. The van der Waals surface area contributed by atoms with E-state index >= 15 is 0 Å². The van der Waals surface area contributed by atoms with Crippen molar-refractivity contribution in [3.63, 3.8) is 0 Å². The first-order valence-electron chi connectivity index (χ1n) is 11.3. The molecule has 0 fully saturated rings. The summed E-state index contributed by atoms with van der Waals surface area (Å²) < 4.78 is 5.96. The standard InChI is InChI=1S/C28H26N4O2/c1-20-24-10-6-7-11-25(24)34-26(20)19-31(2)27(33)13-12-21-16-22-18-32(23-8-4-3-5-9-23)15-14-29-28(22)30-17-21/h3-4,6-8,10-13,16-17H,14-15,18-19H2,1-2H3,(H,29,30)/b13-12+. The number of nitrogens with zero attached hydrogens (tertiary/aromatic N) is 3. The molecule has 1 aliphatic heterocycles. The van der Waals surface area contributed by atoms with E-state index < -0.39 is 0 Å². The van der Waals surface area contributed by atoms with Crippen molar-refractivity contribution in [2.45, 2.75) is 20.0 Å². The number of hydrogen-bond acceptors (Lipinski definition) is 5. The van der Waals surface area contributed by atoms with Gasteiger partial charge in [-0.25, -0.2) is 4.98 Å². The summed E-state index contributed by atoms with van der Waals surface area (Å²) in [5.41, 5.74) is 11.1. The number of hydrogen-bond donors (Lipinski definition) is 1. The molecule has 0 unspecified atom stereocenters. The summed E-state index contributed by atoms with van der Waals surface area (Å²) in [7, 11) is 1.78. The molecule has 0 bridgehead atoms. The molecule has 1 aromatic carbocycles. The molecule has 0 saturated heterocycles. The summed E-state index contributed by atoms with van der Waals surface area (Å²) in [6, 6.07) is 10.0. The monoisotopic (exact) mass is 450 g/mol. The first-order chi connectivity index (χ1) is 16.6. The van der Waals surface area contributed by atoms with Crippen LogP contribution in [0.5, 0.6) is 0 Å². The van der Waals surface area contributed by atoms with E-state index in [0.29, 0.717) is 13.1 Å². The fraction of sp³-hybridized carbons (Fsp3) is 0.214. The van der Waals surface area contributed by atoms with Gasteiger partial charge in [0.1, 0.15) is 17.2 Å². The van der Waals surface area contributed by atoms with E-state index in [-0.39, 0.29) is 5.91 Å². The van der Waals surface area contributed by atoms with Crippen molar-refractivity contribution in [3.8, 4) is 0 Å². The van der Waals surface area contributed by atoms with E-state index in [1.165, 1.54) is 0 Å². The number of rotatable bonds is 5. The molecule has 170 valence electrons. The van der Waals surface area contributed by atoms with Gasteiger partial charge in [0.05, 0.1) is 12.2 Å². The topological polar surface area (TPSA) is 61.6 Å².